The minimum Gasteiger partial charge on any atom is -0.207 e. The maximum Gasteiger partial charge on any atom is 0.242 e. The molecule has 0 aliphatic rings. The van der Waals surface area contributed by atoms with Gasteiger partial charge in [0.05, 0.1) is 11.0 Å². The van der Waals surface area contributed by atoms with Crippen LogP contribution in [0, 0.1) is 11.3 Å². The maximum atomic E-state index is 12.2. The molecule has 20 heavy (non-hydrogen) atoms. The van der Waals surface area contributed by atoms with Crippen LogP contribution in [0.1, 0.15) is 11.6 Å². The average Bonchev–Trinajstić information content (AvgIpc) is 2.46. The van der Waals surface area contributed by atoms with Crippen LogP contribution < -0.4 is 4.72 Å². The van der Waals surface area contributed by atoms with Gasteiger partial charge in [-0.3, -0.25) is 0 Å². The molecule has 0 saturated heterocycles. The molecule has 1 unspecified atom stereocenters. The highest BCUT2D eigenvalue weighted by atomic mass is 35.5. The topological polar surface area (TPSA) is 70.0 Å². The van der Waals surface area contributed by atoms with Crippen molar-refractivity contribution in [1.29, 1.82) is 5.26 Å². The zero-order valence-electron chi connectivity index (χ0n) is 10.3. The quantitative estimate of drug-likeness (QED) is 0.944. The third-order valence-electron chi connectivity index (χ3n) is 2.66. The standard InChI is InChI=1S/C14H11ClN2O2S/c15-12-6-8-13(9-7-12)20(18,19)17-14(10-16)11-4-2-1-3-5-11/h1-9,14,17H. The Morgan fingerprint density at radius 1 is 1.05 bits per heavy atom. The predicted molar refractivity (Wildman–Crippen MR) is 76.6 cm³/mol. The summed E-state index contributed by atoms with van der Waals surface area (Å²) in [5.41, 5.74) is 0.590. The van der Waals surface area contributed by atoms with Gasteiger partial charge in [-0.05, 0) is 29.8 Å². The van der Waals surface area contributed by atoms with E-state index in [1.165, 1.54) is 24.3 Å². The van der Waals surface area contributed by atoms with Crippen LogP contribution in [0.25, 0.3) is 0 Å². The summed E-state index contributed by atoms with van der Waals surface area (Å²) in [5.74, 6) is 0. The van der Waals surface area contributed by atoms with Crippen LogP contribution in [0.4, 0.5) is 0 Å². The molecule has 0 saturated carbocycles. The summed E-state index contributed by atoms with van der Waals surface area (Å²) in [4.78, 5) is 0.0677. The summed E-state index contributed by atoms with van der Waals surface area (Å²) in [7, 11) is -3.77. The van der Waals surface area contributed by atoms with Gasteiger partial charge in [0.2, 0.25) is 10.0 Å². The molecular weight excluding hydrogens is 296 g/mol. The number of rotatable bonds is 4. The molecule has 2 aromatic carbocycles. The van der Waals surface area contributed by atoms with E-state index >= 15 is 0 Å². The van der Waals surface area contributed by atoms with Gasteiger partial charge in [-0.15, -0.1) is 0 Å². The van der Waals surface area contributed by atoms with Crippen LogP contribution in [-0.4, -0.2) is 8.42 Å². The Hall–Kier alpha value is -1.87. The third-order valence-corrected chi connectivity index (χ3v) is 4.35. The summed E-state index contributed by atoms with van der Waals surface area (Å²) < 4.78 is 26.7. The molecule has 6 heteroatoms. The van der Waals surface area contributed by atoms with Crippen LogP contribution in [0.5, 0.6) is 0 Å². The van der Waals surface area contributed by atoms with E-state index in [9.17, 15) is 8.42 Å². The van der Waals surface area contributed by atoms with Gasteiger partial charge in [0.25, 0.3) is 0 Å². The van der Waals surface area contributed by atoms with Crippen molar-refractivity contribution in [3.63, 3.8) is 0 Å². The number of halogens is 1. The van der Waals surface area contributed by atoms with Crippen molar-refractivity contribution in [2.45, 2.75) is 10.9 Å². The lowest BCUT2D eigenvalue weighted by molar-refractivity contribution is 0.575. The molecule has 0 aliphatic carbocycles. The zero-order valence-corrected chi connectivity index (χ0v) is 11.9. The lowest BCUT2D eigenvalue weighted by Crippen LogP contribution is -2.27. The van der Waals surface area contributed by atoms with E-state index in [-0.39, 0.29) is 4.90 Å². The molecule has 0 amide bonds. The summed E-state index contributed by atoms with van der Waals surface area (Å²) in [6.07, 6.45) is 0. The zero-order chi connectivity index (χ0) is 14.6. The van der Waals surface area contributed by atoms with Crippen molar-refractivity contribution < 1.29 is 8.42 Å². The molecule has 1 N–H and O–H groups in total. The Labute approximate surface area is 122 Å². The maximum absolute atomic E-state index is 12.2. The lowest BCUT2D eigenvalue weighted by Gasteiger charge is -2.12. The first-order valence-corrected chi connectivity index (χ1v) is 7.61. The monoisotopic (exact) mass is 306 g/mol. The highest BCUT2D eigenvalue weighted by Gasteiger charge is 2.20. The number of benzene rings is 2. The Bertz CT molecular complexity index is 722. The number of hydrogen-bond acceptors (Lipinski definition) is 3. The molecule has 4 nitrogen and oxygen atoms in total. The Morgan fingerprint density at radius 3 is 2.20 bits per heavy atom. The van der Waals surface area contributed by atoms with Crippen LogP contribution in [0.15, 0.2) is 59.5 Å². The second-order valence-electron chi connectivity index (χ2n) is 4.05. The summed E-state index contributed by atoms with van der Waals surface area (Å²) in [5, 5.41) is 9.58. The van der Waals surface area contributed by atoms with Gasteiger partial charge in [0, 0.05) is 5.02 Å². The van der Waals surface area contributed by atoms with Gasteiger partial charge in [-0.2, -0.15) is 9.98 Å². The molecule has 2 aromatic rings. The van der Waals surface area contributed by atoms with E-state index in [0.29, 0.717) is 10.6 Å². The van der Waals surface area contributed by atoms with E-state index in [0.717, 1.165) is 0 Å². The molecule has 1 atom stereocenters. The molecular formula is C14H11ClN2O2S. The first-order chi connectivity index (χ1) is 9.53. The minimum absolute atomic E-state index is 0.0677. The molecule has 2 rings (SSSR count). The van der Waals surface area contributed by atoms with Gasteiger partial charge in [0.1, 0.15) is 6.04 Å². The van der Waals surface area contributed by atoms with Crippen molar-refractivity contribution >= 4 is 21.6 Å². The largest absolute Gasteiger partial charge is 0.242 e. The SMILES string of the molecule is N#CC(NS(=O)(=O)c1ccc(Cl)cc1)c1ccccc1. The smallest absolute Gasteiger partial charge is 0.207 e. The van der Waals surface area contributed by atoms with E-state index in [4.69, 9.17) is 16.9 Å². The average molecular weight is 307 g/mol. The van der Waals surface area contributed by atoms with Crippen molar-refractivity contribution in [2.24, 2.45) is 0 Å². The van der Waals surface area contributed by atoms with Crippen LogP contribution in [0.2, 0.25) is 5.02 Å². The number of hydrogen-bond donors (Lipinski definition) is 1. The van der Waals surface area contributed by atoms with E-state index < -0.39 is 16.1 Å². The van der Waals surface area contributed by atoms with Crippen molar-refractivity contribution in [3.8, 4) is 6.07 Å². The summed E-state index contributed by atoms with van der Waals surface area (Å²) >= 11 is 5.72. The Balaban J connectivity index is 2.28. The number of sulfonamides is 1. The van der Waals surface area contributed by atoms with E-state index in [2.05, 4.69) is 4.72 Å². The second-order valence-corrected chi connectivity index (χ2v) is 6.20. The summed E-state index contributed by atoms with van der Waals surface area (Å²) in [6.45, 7) is 0. The van der Waals surface area contributed by atoms with Gasteiger partial charge in [-0.1, -0.05) is 41.9 Å². The summed E-state index contributed by atoms with van der Waals surface area (Å²) in [6, 6.07) is 15.4. The highest BCUT2D eigenvalue weighted by molar-refractivity contribution is 7.89. The van der Waals surface area contributed by atoms with Crippen molar-refractivity contribution in [3.05, 3.63) is 65.2 Å². The van der Waals surface area contributed by atoms with E-state index in [1.807, 2.05) is 6.07 Å². The Morgan fingerprint density at radius 2 is 1.65 bits per heavy atom. The third kappa shape index (κ3) is 3.36. The fourth-order valence-corrected chi connectivity index (χ4v) is 2.91. The molecule has 0 bridgehead atoms. The fourth-order valence-electron chi connectivity index (χ4n) is 1.65. The highest BCUT2D eigenvalue weighted by Crippen LogP contribution is 2.18. The molecule has 102 valence electrons. The van der Waals surface area contributed by atoms with E-state index in [1.54, 1.807) is 30.3 Å². The van der Waals surface area contributed by atoms with Crippen LogP contribution >= 0.6 is 11.6 Å². The van der Waals surface area contributed by atoms with Gasteiger partial charge in [-0.25, -0.2) is 8.42 Å². The van der Waals surface area contributed by atoms with Gasteiger partial charge < -0.3 is 0 Å². The van der Waals surface area contributed by atoms with Crippen LogP contribution in [-0.2, 0) is 10.0 Å². The molecule has 0 heterocycles. The first-order valence-electron chi connectivity index (χ1n) is 5.75. The minimum atomic E-state index is -3.77. The molecule has 0 spiro atoms. The second kappa shape index (κ2) is 6.06. The fraction of sp³-hybridized carbons (Fsp3) is 0.0714. The normalized spacial score (nSPS) is 12.6. The van der Waals surface area contributed by atoms with Crippen LogP contribution in [0.3, 0.4) is 0 Å². The Kier molecular flexibility index (Phi) is 4.40. The molecule has 0 fully saturated rings. The molecule has 0 aromatic heterocycles. The number of nitrogens with zero attached hydrogens (tertiary/aromatic N) is 1. The molecule has 0 aliphatic heterocycles. The molecule has 0 radical (unpaired) electrons. The van der Waals surface area contributed by atoms with Crippen molar-refractivity contribution in [1.82, 2.24) is 4.72 Å². The number of nitrogens with one attached hydrogen (secondary N) is 1. The lowest BCUT2D eigenvalue weighted by atomic mass is 10.1. The first kappa shape index (κ1) is 14.5. The van der Waals surface area contributed by atoms with Crippen molar-refractivity contribution in [2.75, 3.05) is 0 Å². The number of nitriles is 1. The predicted octanol–water partition coefficient (Wildman–Crippen LogP) is 2.88. The van der Waals surface area contributed by atoms with Gasteiger partial charge in [0.15, 0.2) is 0 Å². The van der Waals surface area contributed by atoms with Gasteiger partial charge >= 0.3 is 0 Å².